The Balaban J connectivity index is 1.54. The Morgan fingerprint density at radius 2 is 1.86 bits per heavy atom. The number of carbonyl (C=O) groups is 3. The van der Waals surface area contributed by atoms with Gasteiger partial charge in [0.15, 0.2) is 0 Å². The monoisotopic (exact) mass is 458 g/mol. The quantitative estimate of drug-likeness (QED) is 0.660. The minimum absolute atomic E-state index is 0.150. The Morgan fingerprint density at radius 1 is 1.14 bits per heavy atom. The van der Waals surface area contributed by atoms with Crippen LogP contribution in [0, 0.1) is 6.92 Å². The molecule has 0 atom stereocenters. The van der Waals surface area contributed by atoms with Crippen molar-refractivity contribution in [1.82, 2.24) is 10.2 Å². The van der Waals surface area contributed by atoms with Gasteiger partial charge >= 0.3 is 0 Å². The molecule has 1 aliphatic heterocycles. The number of imide groups is 1. The lowest BCUT2D eigenvalue weighted by molar-refractivity contribution is -0.124. The highest BCUT2D eigenvalue weighted by Gasteiger charge is 2.34. The fourth-order valence-electron chi connectivity index (χ4n) is 2.69. The molecule has 1 saturated heterocycles. The second kappa shape index (κ2) is 9.21. The summed E-state index contributed by atoms with van der Waals surface area (Å²) in [5.41, 5.74) is 2.88. The van der Waals surface area contributed by atoms with Crippen molar-refractivity contribution >= 4 is 50.8 Å². The van der Waals surface area contributed by atoms with Crippen molar-refractivity contribution in [2.24, 2.45) is 0 Å². The van der Waals surface area contributed by atoms with Gasteiger partial charge in [0.2, 0.25) is 5.91 Å². The molecule has 3 amide bonds. The van der Waals surface area contributed by atoms with E-state index in [4.69, 9.17) is 0 Å². The Bertz CT molecular complexity index is 941. The zero-order valence-electron chi connectivity index (χ0n) is 15.3. The van der Waals surface area contributed by atoms with E-state index in [0.29, 0.717) is 4.91 Å². The van der Waals surface area contributed by atoms with Crippen molar-refractivity contribution in [3.63, 3.8) is 0 Å². The summed E-state index contributed by atoms with van der Waals surface area (Å²) in [6.07, 6.45) is 1.95. The molecule has 7 heteroatoms. The predicted octanol–water partition coefficient (Wildman–Crippen LogP) is 4.15. The lowest BCUT2D eigenvalue weighted by Crippen LogP contribution is -2.37. The number of hydrogen-bond donors (Lipinski definition) is 1. The van der Waals surface area contributed by atoms with Crippen molar-refractivity contribution < 1.29 is 14.4 Å². The third kappa shape index (κ3) is 5.11. The first-order valence-corrected chi connectivity index (χ1v) is 10.4. The molecule has 0 radical (unpaired) electrons. The molecule has 0 bridgehead atoms. The van der Waals surface area contributed by atoms with Gasteiger partial charge < -0.3 is 5.32 Å². The lowest BCUT2D eigenvalue weighted by Gasteiger charge is -2.13. The topological polar surface area (TPSA) is 66.5 Å². The van der Waals surface area contributed by atoms with Gasteiger partial charge in [-0.05, 0) is 42.0 Å². The molecule has 0 aliphatic carbocycles. The summed E-state index contributed by atoms with van der Waals surface area (Å²) in [6, 6.07) is 15.2. The van der Waals surface area contributed by atoms with Gasteiger partial charge in [0.1, 0.15) is 0 Å². The molecular weight excluding hydrogens is 440 g/mol. The fraction of sp³-hybridized carbons (Fsp3) is 0.190. The maximum Gasteiger partial charge on any atom is 0.293 e. The number of benzene rings is 2. The Hall–Kier alpha value is -2.38. The van der Waals surface area contributed by atoms with Gasteiger partial charge in [-0.2, -0.15) is 0 Å². The van der Waals surface area contributed by atoms with Crippen LogP contribution in [0.3, 0.4) is 0 Å². The second-order valence-corrected chi connectivity index (χ2v) is 8.21. The molecule has 0 aromatic heterocycles. The van der Waals surface area contributed by atoms with Crippen molar-refractivity contribution in [1.29, 1.82) is 0 Å². The van der Waals surface area contributed by atoms with E-state index < -0.39 is 0 Å². The van der Waals surface area contributed by atoms with E-state index >= 15 is 0 Å². The Kier molecular flexibility index (Phi) is 6.70. The molecule has 144 valence electrons. The number of nitrogens with zero attached hydrogens (tertiary/aromatic N) is 1. The molecular formula is C21H19BrN2O3S. The van der Waals surface area contributed by atoms with Gasteiger partial charge in [-0.3, -0.25) is 19.3 Å². The van der Waals surface area contributed by atoms with E-state index in [-0.39, 0.29) is 36.6 Å². The summed E-state index contributed by atoms with van der Waals surface area (Å²) < 4.78 is 0.873. The van der Waals surface area contributed by atoms with Gasteiger partial charge in [0, 0.05) is 17.6 Å². The number of thioether (sulfide) groups is 1. The normalized spacial score (nSPS) is 15.4. The van der Waals surface area contributed by atoms with E-state index in [9.17, 15) is 14.4 Å². The van der Waals surface area contributed by atoms with Gasteiger partial charge in [-0.25, -0.2) is 0 Å². The number of hydrogen-bond acceptors (Lipinski definition) is 4. The maximum atomic E-state index is 12.5. The van der Waals surface area contributed by atoms with Gasteiger partial charge in [-0.15, -0.1) is 0 Å². The van der Waals surface area contributed by atoms with Crippen LogP contribution in [0.2, 0.25) is 0 Å². The Labute approximate surface area is 176 Å². The first kappa shape index (κ1) is 20.4. The van der Waals surface area contributed by atoms with Crippen molar-refractivity contribution in [3.05, 3.63) is 74.6 Å². The van der Waals surface area contributed by atoms with Crippen molar-refractivity contribution in [2.45, 2.75) is 13.3 Å². The maximum absolute atomic E-state index is 12.5. The van der Waals surface area contributed by atoms with E-state index in [1.54, 1.807) is 6.08 Å². The number of halogens is 1. The fourth-order valence-corrected chi connectivity index (χ4v) is 3.98. The van der Waals surface area contributed by atoms with Crippen LogP contribution >= 0.6 is 27.7 Å². The SMILES string of the molecule is Cc1ccc(/C=C2\SC(=O)N(CCNC(=O)Cc3ccccc3Br)C2=O)cc1. The summed E-state index contributed by atoms with van der Waals surface area (Å²) in [7, 11) is 0. The highest BCUT2D eigenvalue weighted by Crippen LogP contribution is 2.31. The van der Waals surface area contributed by atoms with E-state index in [1.165, 1.54) is 4.90 Å². The van der Waals surface area contributed by atoms with Gasteiger partial charge in [0.05, 0.1) is 11.3 Å². The van der Waals surface area contributed by atoms with E-state index in [0.717, 1.165) is 32.9 Å². The van der Waals surface area contributed by atoms with E-state index in [2.05, 4.69) is 21.2 Å². The first-order valence-electron chi connectivity index (χ1n) is 8.76. The third-order valence-corrected chi connectivity index (χ3v) is 5.90. The highest BCUT2D eigenvalue weighted by atomic mass is 79.9. The molecule has 1 heterocycles. The number of amides is 3. The number of aryl methyl sites for hydroxylation is 1. The first-order chi connectivity index (χ1) is 13.4. The molecule has 1 aliphatic rings. The average Bonchev–Trinajstić information content (AvgIpc) is 2.93. The third-order valence-electron chi connectivity index (χ3n) is 4.22. The summed E-state index contributed by atoms with van der Waals surface area (Å²) >= 11 is 4.34. The molecule has 0 unspecified atom stereocenters. The van der Waals surface area contributed by atoms with Crippen molar-refractivity contribution in [3.8, 4) is 0 Å². The summed E-state index contributed by atoms with van der Waals surface area (Å²) in [4.78, 5) is 38.3. The van der Waals surface area contributed by atoms with Gasteiger partial charge in [-0.1, -0.05) is 64.0 Å². The number of carbonyl (C=O) groups excluding carboxylic acids is 3. The van der Waals surface area contributed by atoms with Crippen LogP contribution in [0.15, 0.2) is 57.9 Å². The predicted molar refractivity (Wildman–Crippen MR) is 115 cm³/mol. The minimum atomic E-state index is -0.323. The summed E-state index contributed by atoms with van der Waals surface area (Å²) in [6.45, 7) is 2.36. The highest BCUT2D eigenvalue weighted by molar-refractivity contribution is 9.10. The molecule has 28 heavy (non-hydrogen) atoms. The Morgan fingerprint density at radius 3 is 2.57 bits per heavy atom. The molecule has 3 rings (SSSR count). The molecule has 2 aromatic carbocycles. The lowest BCUT2D eigenvalue weighted by atomic mass is 10.1. The van der Waals surface area contributed by atoms with Crippen LogP contribution in [0.25, 0.3) is 6.08 Å². The molecule has 2 aromatic rings. The van der Waals surface area contributed by atoms with Crippen LogP contribution in [0.1, 0.15) is 16.7 Å². The van der Waals surface area contributed by atoms with E-state index in [1.807, 2.05) is 55.5 Å². The average molecular weight is 459 g/mol. The zero-order chi connectivity index (χ0) is 20.1. The van der Waals surface area contributed by atoms with Crippen LogP contribution in [-0.2, 0) is 16.0 Å². The summed E-state index contributed by atoms with van der Waals surface area (Å²) in [5, 5.41) is 2.45. The van der Waals surface area contributed by atoms with Crippen LogP contribution in [0.4, 0.5) is 4.79 Å². The molecule has 1 N–H and O–H groups in total. The second-order valence-electron chi connectivity index (χ2n) is 6.36. The van der Waals surface area contributed by atoms with Gasteiger partial charge in [0.25, 0.3) is 11.1 Å². The molecule has 5 nitrogen and oxygen atoms in total. The molecule has 1 fully saturated rings. The smallest absolute Gasteiger partial charge is 0.293 e. The number of nitrogens with one attached hydrogen (secondary N) is 1. The number of rotatable bonds is 6. The van der Waals surface area contributed by atoms with Crippen molar-refractivity contribution in [2.75, 3.05) is 13.1 Å². The molecule has 0 saturated carbocycles. The molecule has 0 spiro atoms. The largest absolute Gasteiger partial charge is 0.354 e. The summed E-state index contributed by atoms with van der Waals surface area (Å²) in [5.74, 6) is -0.482. The van der Waals surface area contributed by atoms with Crippen LogP contribution in [-0.4, -0.2) is 35.0 Å². The minimum Gasteiger partial charge on any atom is -0.354 e. The zero-order valence-corrected chi connectivity index (χ0v) is 17.7. The van der Waals surface area contributed by atoms with Crippen LogP contribution < -0.4 is 5.32 Å². The standard InChI is InChI=1S/C21H19BrN2O3S/c1-14-6-8-15(9-7-14)12-18-20(26)24(21(27)28-18)11-10-23-19(25)13-16-4-2-3-5-17(16)22/h2-9,12H,10-11,13H2,1H3,(H,23,25)/b18-12-. The van der Waals surface area contributed by atoms with Crippen LogP contribution in [0.5, 0.6) is 0 Å².